The first-order valence-corrected chi connectivity index (χ1v) is 6.51. The third-order valence-corrected chi connectivity index (χ3v) is 3.07. The second kappa shape index (κ2) is 7.19. The molecule has 1 heterocycles. The van der Waals surface area contributed by atoms with Gasteiger partial charge >= 0.3 is 0 Å². The van der Waals surface area contributed by atoms with Crippen molar-refractivity contribution in [1.82, 2.24) is 10.3 Å². The lowest BCUT2D eigenvalue weighted by Gasteiger charge is -2.11. The molecular weight excluding hydrogens is 240 g/mol. The van der Waals surface area contributed by atoms with Crippen LogP contribution in [0.4, 0.5) is 0 Å². The lowest BCUT2D eigenvalue weighted by Crippen LogP contribution is -2.23. The molecule has 1 unspecified atom stereocenters. The van der Waals surface area contributed by atoms with E-state index >= 15 is 0 Å². The van der Waals surface area contributed by atoms with Gasteiger partial charge in [-0.1, -0.05) is 18.2 Å². The van der Waals surface area contributed by atoms with Gasteiger partial charge in [0, 0.05) is 25.2 Å². The lowest BCUT2D eigenvalue weighted by atomic mass is 10.1. The van der Waals surface area contributed by atoms with Crippen LogP contribution in [0.3, 0.4) is 0 Å². The SMILES string of the molecule is COCC(O)CCNCc1ccnc2ccccc12. The van der Waals surface area contributed by atoms with Crippen LogP contribution in [0.1, 0.15) is 12.0 Å². The van der Waals surface area contributed by atoms with E-state index in [9.17, 15) is 5.11 Å². The van der Waals surface area contributed by atoms with Crippen molar-refractivity contribution >= 4 is 10.9 Å². The largest absolute Gasteiger partial charge is 0.391 e. The first kappa shape index (κ1) is 13.9. The number of nitrogens with one attached hydrogen (secondary N) is 1. The van der Waals surface area contributed by atoms with Gasteiger partial charge in [-0.05, 0) is 30.7 Å². The number of hydrogen-bond acceptors (Lipinski definition) is 4. The smallest absolute Gasteiger partial charge is 0.0785 e. The summed E-state index contributed by atoms with van der Waals surface area (Å²) >= 11 is 0. The predicted octanol–water partition coefficient (Wildman–Crippen LogP) is 1.72. The van der Waals surface area contributed by atoms with Crippen LogP contribution in [0.15, 0.2) is 36.5 Å². The summed E-state index contributed by atoms with van der Waals surface area (Å²) in [6.45, 7) is 1.93. The minimum absolute atomic E-state index is 0.389. The molecule has 0 saturated carbocycles. The quantitative estimate of drug-likeness (QED) is 0.744. The molecular formula is C15H20N2O2. The number of fused-ring (bicyclic) bond motifs is 1. The molecule has 102 valence electrons. The van der Waals surface area contributed by atoms with Gasteiger partial charge in [-0.15, -0.1) is 0 Å². The lowest BCUT2D eigenvalue weighted by molar-refractivity contribution is 0.0594. The molecule has 0 spiro atoms. The van der Waals surface area contributed by atoms with Gasteiger partial charge in [-0.3, -0.25) is 4.98 Å². The van der Waals surface area contributed by atoms with Gasteiger partial charge in [0.25, 0.3) is 0 Å². The number of aromatic nitrogens is 1. The Hall–Kier alpha value is -1.49. The maximum absolute atomic E-state index is 9.54. The number of nitrogens with zero attached hydrogens (tertiary/aromatic N) is 1. The van der Waals surface area contributed by atoms with E-state index in [1.54, 1.807) is 7.11 Å². The molecule has 2 aromatic rings. The standard InChI is InChI=1S/C15H20N2O2/c1-19-11-13(18)7-8-16-10-12-6-9-17-15-5-3-2-4-14(12)15/h2-6,9,13,16,18H,7-8,10-11H2,1H3. The van der Waals surface area contributed by atoms with Crippen molar-refractivity contribution in [2.24, 2.45) is 0 Å². The second-order valence-electron chi connectivity index (χ2n) is 4.56. The maximum Gasteiger partial charge on any atom is 0.0785 e. The van der Waals surface area contributed by atoms with E-state index < -0.39 is 6.10 Å². The fourth-order valence-electron chi connectivity index (χ4n) is 2.08. The third-order valence-electron chi connectivity index (χ3n) is 3.07. The highest BCUT2D eigenvalue weighted by molar-refractivity contribution is 5.81. The summed E-state index contributed by atoms with van der Waals surface area (Å²) < 4.78 is 4.89. The summed E-state index contributed by atoms with van der Waals surface area (Å²) in [5.74, 6) is 0. The van der Waals surface area contributed by atoms with Crippen LogP contribution < -0.4 is 5.32 Å². The number of hydrogen-bond donors (Lipinski definition) is 2. The molecule has 0 radical (unpaired) electrons. The number of para-hydroxylation sites is 1. The van der Waals surface area contributed by atoms with Gasteiger partial charge in [0.05, 0.1) is 18.2 Å². The van der Waals surface area contributed by atoms with Crippen molar-refractivity contribution in [2.45, 2.75) is 19.1 Å². The van der Waals surface area contributed by atoms with Crippen LogP contribution in [-0.4, -0.2) is 36.5 Å². The molecule has 19 heavy (non-hydrogen) atoms. The number of benzene rings is 1. The molecule has 0 amide bonds. The van der Waals surface area contributed by atoms with Crippen LogP contribution in [0.2, 0.25) is 0 Å². The van der Waals surface area contributed by atoms with Crippen molar-refractivity contribution in [3.8, 4) is 0 Å². The molecule has 4 nitrogen and oxygen atoms in total. The average molecular weight is 260 g/mol. The van der Waals surface area contributed by atoms with Crippen LogP contribution in [0.25, 0.3) is 10.9 Å². The van der Waals surface area contributed by atoms with Crippen molar-refractivity contribution in [3.63, 3.8) is 0 Å². The Bertz CT molecular complexity index is 511. The number of pyridine rings is 1. The highest BCUT2D eigenvalue weighted by atomic mass is 16.5. The Kier molecular flexibility index (Phi) is 5.27. The second-order valence-corrected chi connectivity index (χ2v) is 4.56. The van der Waals surface area contributed by atoms with Gasteiger partial charge in [-0.25, -0.2) is 0 Å². The molecule has 1 aromatic heterocycles. The van der Waals surface area contributed by atoms with Crippen LogP contribution in [-0.2, 0) is 11.3 Å². The van der Waals surface area contributed by atoms with Gasteiger partial charge in [0.15, 0.2) is 0 Å². The minimum Gasteiger partial charge on any atom is -0.391 e. The van der Waals surface area contributed by atoms with Gasteiger partial charge in [0.1, 0.15) is 0 Å². The molecule has 4 heteroatoms. The Morgan fingerprint density at radius 1 is 1.32 bits per heavy atom. The van der Waals surface area contributed by atoms with Crippen LogP contribution in [0, 0.1) is 0 Å². The number of rotatable bonds is 7. The molecule has 2 rings (SSSR count). The van der Waals surface area contributed by atoms with Gasteiger partial charge in [0.2, 0.25) is 0 Å². The number of methoxy groups -OCH3 is 1. The summed E-state index contributed by atoms with van der Waals surface area (Å²) in [5.41, 5.74) is 2.24. The Morgan fingerprint density at radius 3 is 3.00 bits per heavy atom. The zero-order valence-corrected chi connectivity index (χ0v) is 11.2. The molecule has 0 bridgehead atoms. The zero-order chi connectivity index (χ0) is 13.5. The van der Waals surface area contributed by atoms with E-state index in [2.05, 4.69) is 16.4 Å². The Morgan fingerprint density at radius 2 is 2.16 bits per heavy atom. The topological polar surface area (TPSA) is 54.4 Å². The third kappa shape index (κ3) is 3.99. The molecule has 1 aromatic carbocycles. The zero-order valence-electron chi connectivity index (χ0n) is 11.2. The first-order chi connectivity index (χ1) is 9.31. The molecule has 0 aliphatic rings. The monoisotopic (exact) mass is 260 g/mol. The van der Waals surface area contributed by atoms with E-state index in [0.29, 0.717) is 13.0 Å². The van der Waals surface area contributed by atoms with Crippen molar-refractivity contribution < 1.29 is 9.84 Å². The first-order valence-electron chi connectivity index (χ1n) is 6.51. The number of aliphatic hydroxyl groups is 1. The highest BCUT2D eigenvalue weighted by Crippen LogP contribution is 2.15. The average Bonchev–Trinajstić information content (AvgIpc) is 2.44. The highest BCUT2D eigenvalue weighted by Gasteiger charge is 2.04. The van der Waals surface area contributed by atoms with Crippen molar-refractivity contribution in [2.75, 3.05) is 20.3 Å². The fourth-order valence-corrected chi connectivity index (χ4v) is 2.08. The van der Waals surface area contributed by atoms with Crippen LogP contribution in [0.5, 0.6) is 0 Å². The van der Waals surface area contributed by atoms with E-state index in [4.69, 9.17) is 4.74 Å². The molecule has 0 aliphatic carbocycles. The molecule has 1 atom stereocenters. The maximum atomic E-state index is 9.54. The molecule has 0 fully saturated rings. The van der Waals surface area contributed by atoms with E-state index in [1.807, 2.05) is 30.5 Å². The Labute approximate surface area is 113 Å². The van der Waals surface area contributed by atoms with Gasteiger partial charge < -0.3 is 15.2 Å². The summed E-state index contributed by atoms with van der Waals surface area (Å²) in [5, 5.41) is 14.1. The minimum atomic E-state index is -0.397. The molecule has 2 N–H and O–H groups in total. The normalized spacial score (nSPS) is 12.7. The summed E-state index contributed by atoms with van der Waals surface area (Å²) in [4.78, 5) is 4.34. The number of ether oxygens (including phenoxy) is 1. The van der Waals surface area contributed by atoms with E-state index in [1.165, 1.54) is 10.9 Å². The van der Waals surface area contributed by atoms with E-state index in [0.717, 1.165) is 18.6 Å². The van der Waals surface area contributed by atoms with Crippen molar-refractivity contribution in [1.29, 1.82) is 0 Å². The summed E-state index contributed by atoms with van der Waals surface area (Å²) in [6, 6.07) is 10.1. The number of aliphatic hydroxyl groups excluding tert-OH is 1. The summed E-state index contributed by atoms with van der Waals surface area (Å²) in [6.07, 6.45) is 2.13. The summed E-state index contributed by atoms with van der Waals surface area (Å²) in [7, 11) is 1.60. The van der Waals surface area contributed by atoms with Crippen molar-refractivity contribution in [3.05, 3.63) is 42.1 Å². The fraction of sp³-hybridized carbons (Fsp3) is 0.400. The molecule has 0 saturated heterocycles. The molecule has 0 aliphatic heterocycles. The Balaban J connectivity index is 1.88. The van der Waals surface area contributed by atoms with Gasteiger partial charge in [-0.2, -0.15) is 0 Å². The van der Waals surface area contributed by atoms with E-state index in [-0.39, 0.29) is 0 Å². The van der Waals surface area contributed by atoms with Crippen LogP contribution >= 0.6 is 0 Å². The predicted molar refractivity (Wildman–Crippen MR) is 75.9 cm³/mol.